The van der Waals surface area contributed by atoms with E-state index < -0.39 is 0 Å². The number of fused-ring (bicyclic) bond motifs is 3. The zero-order chi connectivity index (χ0) is 54.2. The normalized spacial score (nSPS) is 12.2. The van der Waals surface area contributed by atoms with Crippen molar-refractivity contribution in [2.45, 2.75) is 109 Å². The van der Waals surface area contributed by atoms with E-state index in [0.717, 1.165) is 58.1 Å². The van der Waals surface area contributed by atoms with Gasteiger partial charge < -0.3 is 37.9 Å². The summed E-state index contributed by atoms with van der Waals surface area (Å²) in [6.45, 7) is 4.99. The van der Waals surface area contributed by atoms with Crippen LogP contribution in [-0.2, 0) is 24.4 Å². The minimum absolute atomic E-state index is 0.0532. The molecule has 0 N–H and O–H groups in total. The van der Waals surface area contributed by atoms with Gasteiger partial charge in [-0.3, -0.25) is 0 Å². The van der Waals surface area contributed by atoms with Gasteiger partial charge in [-0.05, 0) is 140 Å². The Hall–Kier alpha value is -7.20. The molecule has 0 radical (unpaired) electrons. The highest BCUT2D eigenvalue weighted by Gasteiger charge is 2.42. The standard InChI is InChI=1S/C71H78O8/c1-3-5-7-9-11-19-45-71(46-20-12-10-8-6-4-2)69-47-61(59-29-39-65(40-30-59)78-53-74-49-72-51-76-63-35-25-57(26-36-63)55-21-15-13-16-22-55)33-43-67(69)68-44-34-62(48-70(68)71)60-31-41-66(42-32-60)79-54-75-50-73-52-77-64-37-27-58(28-38-64)56-23-17-14-18-24-56/h13-18,21-44,47-48H,3-12,19-20,45-46,49-54H2,1-2H3. The molecule has 8 heteroatoms. The molecule has 79 heavy (non-hydrogen) atoms. The SMILES string of the molecule is CCCCCCCCC1(CCCCCCCC)c2cc(-c3ccc(OCOCOCOc4ccc(-c5ccccc5)cc4)cc3)ccc2-c2ccc(-c3ccc(OCOCOCOc4ccc(-c5ccccc5)cc4)cc3)cc21. The van der Waals surface area contributed by atoms with Gasteiger partial charge in [0, 0.05) is 5.41 Å². The predicted octanol–water partition coefficient (Wildman–Crippen LogP) is 18.8. The number of unbranched alkanes of at least 4 members (excludes halogenated alkanes) is 10. The van der Waals surface area contributed by atoms with Gasteiger partial charge in [-0.25, -0.2) is 0 Å². The van der Waals surface area contributed by atoms with Crippen LogP contribution < -0.4 is 18.9 Å². The summed E-state index contributed by atoms with van der Waals surface area (Å²) in [5.74, 6) is 2.95. The zero-order valence-corrected chi connectivity index (χ0v) is 46.4. The highest BCUT2D eigenvalue weighted by atomic mass is 16.8. The van der Waals surface area contributed by atoms with E-state index in [9.17, 15) is 0 Å². The molecule has 8 aromatic carbocycles. The molecule has 0 bridgehead atoms. The molecule has 0 saturated carbocycles. The second-order valence-corrected chi connectivity index (χ2v) is 20.6. The number of hydrogen-bond acceptors (Lipinski definition) is 8. The molecule has 0 fully saturated rings. The van der Waals surface area contributed by atoms with Crippen molar-refractivity contribution in [2.75, 3.05) is 40.8 Å². The Labute approximate surface area is 469 Å². The van der Waals surface area contributed by atoms with E-state index in [0.29, 0.717) is 0 Å². The van der Waals surface area contributed by atoms with Crippen LogP contribution in [0, 0.1) is 0 Å². The number of rotatable bonds is 34. The first kappa shape index (κ1) is 56.5. The Morgan fingerprint density at radius 3 is 0.873 bits per heavy atom. The van der Waals surface area contributed by atoms with E-state index in [1.807, 2.05) is 109 Å². The predicted molar refractivity (Wildman–Crippen MR) is 319 cm³/mol. The molecule has 0 spiro atoms. The Morgan fingerprint density at radius 1 is 0.266 bits per heavy atom. The van der Waals surface area contributed by atoms with Crippen molar-refractivity contribution in [3.8, 4) is 78.6 Å². The van der Waals surface area contributed by atoms with Gasteiger partial charge in [-0.15, -0.1) is 0 Å². The number of hydrogen-bond donors (Lipinski definition) is 0. The van der Waals surface area contributed by atoms with Gasteiger partial charge in [0.05, 0.1) is 0 Å². The molecule has 0 unspecified atom stereocenters. The summed E-state index contributed by atoms with van der Waals surface area (Å²) < 4.78 is 45.9. The van der Waals surface area contributed by atoms with Crippen molar-refractivity contribution < 1.29 is 37.9 Å². The van der Waals surface area contributed by atoms with Crippen LogP contribution in [0.15, 0.2) is 194 Å². The summed E-state index contributed by atoms with van der Waals surface area (Å²) in [7, 11) is 0. The lowest BCUT2D eigenvalue weighted by Gasteiger charge is -2.33. The molecular weight excluding hydrogens is 981 g/mol. The lowest BCUT2D eigenvalue weighted by Crippen LogP contribution is -2.25. The quantitative estimate of drug-likeness (QED) is 0.0292. The molecule has 1 aliphatic carbocycles. The van der Waals surface area contributed by atoms with Crippen LogP contribution in [0.4, 0.5) is 0 Å². The number of ether oxygens (including phenoxy) is 8. The van der Waals surface area contributed by atoms with Crippen LogP contribution in [-0.4, -0.2) is 40.8 Å². The molecule has 0 aliphatic heterocycles. The lowest BCUT2D eigenvalue weighted by atomic mass is 9.70. The van der Waals surface area contributed by atoms with Crippen molar-refractivity contribution in [1.82, 2.24) is 0 Å². The van der Waals surface area contributed by atoms with Crippen LogP contribution in [0.25, 0.3) is 55.6 Å². The van der Waals surface area contributed by atoms with Crippen LogP contribution in [0.3, 0.4) is 0 Å². The van der Waals surface area contributed by atoms with Gasteiger partial charge in [0.25, 0.3) is 0 Å². The fourth-order valence-corrected chi connectivity index (χ4v) is 10.9. The number of benzene rings is 8. The summed E-state index contributed by atoms with van der Waals surface area (Å²) in [6.07, 6.45) is 17.5. The molecule has 410 valence electrons. The summed E-state index contributed by atoms with van der Waals surface area (Å²) in [6, 6.07) is 67.6. The minimum Gasteiger partial charge on any atom is -0.467 e. The second kappa shape index (κ2) is 30.2. The van der Waals surface area contributed by atoms with E-state index in [1.165, 1.54) is 122 Å². The van der Waals surface area contributed by atoms with Gasteiger partial charge in [0.15, 0.2) is 40.8 Å². The third kappa shape index (κ3) is 16.0. The fourth-order valence-electron chi connectivity index (χ4n) is 10.9. The Balaban J connectivity index is 0.816. The van der Waals surface area contributed by atoms with Crippen LogP contribution >= 0.6 is 0 Å². The minimum atomic E-state index is -0.0901. The van der Waals surface area contributed by atoms with Crippen LogP contribution in [0.1, 0.15) is 115 Å². The topological polar surface area (TPSA) is 73.8 Å². The summed E-state index contributed by atoms with van der Waals surface area (Å²) >= 11 is 0. The average Bonchev–Trinajstić information content (AvgIpc) is 3.94. The monoisotopic (exact) mass is 1060 g/mol. The van der Waals surface area contributed by atoms with Crippen molar-refractivity contribution in [1.29, 1.82) is 0 Å². The maximum Gasteiger partial charge on any atom is 0.191 e. The smallest absolute Gasteiger partial charge is 0.191 e. The first-order valence-electron chi connectivity index (χ1n) is 28.7. The molecule has 8 aromatic rings. The molecule has 1 aliphatic rings. The van der Waals surface area contributed by atoms with Crippen molar-refractivity contribution >= 4 is 0 Å². The molecule has 9 rings (SSSR count). The molecule has 0 amide bonds. The van der Waals surface area contributed by atoms with E-state index >= 15 is 0 Å². The Kier molecular flexibility index (Phi) is 21.6. The van der Waals surface area contributed by atoms with Gasteiger partial charge in [0.1, 0.15) is 23.0 Å². The van der Waals surface area contributed by atoms with Crippen molar-refractivity contribution in [3.63, 3.8) is 0 Å². The Bertz CT molecular complexity index is 2800. The van der Waals surface area contributed by atoms with Crippen molar-refractivity contribution in [3.05, 3.63) is 205 Å². The average molecular weight is 1060 g/mol. The largest absolute Gasteiger partial charge is 0.467 e. The summed E-state index contributed by atoms with van der Waals surface area (Å²) in [5.41, 5.74) is 15.0. The van der Waals surface area contributed by atoms with E-state index in [-0.39, 0.29) is 46.2 Å². The summed E-state index contributed by atoms with van der Waals surface area (Å²) in [5, 5.41) is 0. The maximum absolute atomic E-state index is 5.97. The fraction of sp³-hybridized carbons (Fsp3) is 0.324. The van der Waals surface area contributed by atoms with E-state index in [1.54, 1.807) is 0 Å². The van der Waals surface area contributed by atoms with Crippen LogP contribution in [0.5, 0.6) is 23.0 Å². The van der Waals surface area contributed by atoms with Gasteiger partial charge in [-0.1, -0.05) is 224 Å². The van der Waals surface area contributed by atoms with Gasteiger partial charge >= 0.3 is 0 Å². The third-order valence-electron chi connectivity index (χ3n) is 15.1. The van der Waals surface area contributed by atoms with Crippen LogP contribution in [0.2, 0.25) is 0 Å². The van der Waals surface area contributed by atoms with Gasteiger partial charge in [-0.2, -0.15) is 0 Å². The third-order valence-corrected chi connectivity index (χ3v) is 15.1. The molecule has 8 nitrogen and oxygen atoms in total. The first-order valence-corrected chi connectivity index (χ1v) is 28.7. The van der Waals surface area contributed by atoms with E-state index in [2.05, 4.69) is 98.8 Å². The Morgan fingerprint density at radius 2 is 0.544 bits per heavy atom. The highest BCUT2D eigenvalue weighted by molar-refractivity contribution is 5.86. The zero-order valence-electron chi connectivity index (χ0n) is 46.4. The van der Waals surface area contributed by atoms with E-state index in [4.69, 9.17) is 37.9 Å². The molecule has 0 saturated heterocycles. The van der Waals surface area contributed by atoms with Crippen molar-refractivity contribution in [2.24, 2.45) is 0 Å². The maximum atomic E-state index is 5.97. The summed E-state index contributed by atoms with van der Waals surface area (Å²) in [4.78, 5) is 0. The molecule has 0 atom stereocenters. The second-order valence-electron chi connectivity index (χ2n) is 20.6. The lowest BCUT2D eigenvalue weighted by molar-refractivity contribution is -0.130. The van der Waals surface area contributed by atoms with Gasteiger partial charge in [0.2, 0.25) is 0 Å². The molecule has 0 heterocycles. The first-order chi connectivity index (χ1) is 39.1. The molecule has 0 aromatic heterocycles. The highest BCUT2D eigenvalue weighted by Crippen LogP contribution is 2.56. The molecular formula is C71H78O8.